The van der Waals surface area contributed by atoms with Gasteiger partial charge in [0.25, 0.3) is 5.97 Å². The molecule has 0 aliphatic heterocycles. The third-order valence-electron chi connectivity index (χ3n) is 0.300. The molecule has 0 unspecified atom stereocenters. The van der Waals surface area contributed by atoms with Gasteiger partial charge < -0.3 is 17.6 Å². The maximum absolute atomic E-state index is 10.9. The van der Waals surface area contributed by atoms with Crippen LogP contribution in [0, 0.1) is 0 Å². The van der Waals surface area contributed by atoms with Crippen LogP contribution in [0.5, 0.6) is 0 Å². The lowest BCUT2D eigenvalue weighted by Gasteiger charge is -2.13. The van der Waals surface area contributed by atoms with Gasteiger partial charge in [-0.05, 0) is 0 Å². The quantitative estimate of drug-likeness (QED) is 0.492. The van der Waals surface area contributed by atoms with E-state index in [0.717, 1.165) is 0 Å². The summed E-state index contributed by atoms with van der Waals surface area (Å²) in [7, 11) is -5.39. The molecule has 0 radical (unpaired) electrons. The van der Waals surface area contributed by atoms with Crippen molar-refractivity contribution in [3.63, 3.8) is 0 Å². The van der Waals surface area contributed by atoms with E-state index in [1.807, 2.05) is 0 Å². The summed E-state index contributed by atoms with van der Waals surface area (Å²) in [5, 5.41) is 0. The highest BCUT2D eigenvalue weighted by Crippen LogP contribution is 2.08. The fourth-order valence-corrected chi connectivity index (χ4v) is 0.188. The second kappa shape index (κ2) is 2.06. The minimum Gasteiger partial charge on any atom is -0.609 e. The number of carbonyl (C=O) groups is 1. The van der Waals surface area contributed by atoms with Gasteiger partial charge in [-0.25, -0.2) is 0 Å². The number of hydrogen-bond donors (Lipinski definition) is 0. The smallest absolute Gasteiger partial charge is 0.609 e. The zero-order valence-electron chi connectivity index (χ0n) is 5.03. The van der Waals surface area contributed by atoms with Gasteiger partial charge >= 0.3 is 8.61 Å². The van der Waals surface area contributed by atoms with E-state index in [4.69, 9.17) is 0 Å². The molecule has 0 atom stereocenters. The molecule has 0 aliphatic rings. The fraction of sp³-hybridized carbons (Fsp3) is 0.500. The van der Waals surface area contributed by atoms with Crippen LogP contribution in [0.4, 0.5) is 12.9 Å². The Kier molecular flexibility index (Phi) is 1.89. The molecule has 0 aromatic rings. The Morgan fingerprint density at radius 3 is 2.00 bits per heavy atom. The van der Waals surface area contributed by atoms with Gasteiger partial charge in [0.2, 0.25) is 0 Å². The minimum absolute atomic E-state index is 0. The predicted octanol–water partition coefficient (Wildman–Crippen LogP) is 1.01. The van der Waals surface area contributed by atoms with Crippen molar-refractivity contribution in [2.24, 2.45) is 0 Å². The average molecular weight is 128 g/mol. The van der Waals surface area contributed by atoms with Crippen LogP contribution in [0.1, 0.15) is 8.35 Å². The van der Waals surface area contributed by atoms with E-state index in [-0.39, 0.29) is 1.43 Å². The average Bonchev–Trinajstić information content (AvgIpc) is 1.21. The Morgan fingerprint density at radius 2 is 2.00 bits per heavy atom. The molecule has 0 aliphatic carbocycles. The second-order valence-electron chi connectivity index (χ2n) is 1.12. The van der Waals surface area contributed by atoms with Crippen molar-refractivity contribution in [1.82, 2.24) is 0 Å². The van der Waals surface area contributed by atoms with Crippen LogP contribution in [0.3, 0.4) is 0 Å². The lowest BCUT2D eigenvalue weighted by molar-refractivity contribution is -0.135. The summed E-state index contributed by atoms with van der Waals surface area (Å²) in [6, 6.07) is 0. The topological polar surface area (TPSA) is 26.3 Å². The van der Waals surface area contributed by atoms with Gasteiger partial charge in [-0.15, -0.1) is 0 Å². The van der Waals surface area contributed by atoms with Crippen LogP contribution >= 0.6 is 0 Å². The maximum Gasteiger partial charge on any atom is 1.00 e. The molecule has 0 saturated carbocycles. The van der Waals surface area contributed by atoms with E-state index in [2.05, 4.69) is 4.65 Å². The van der Waals surface area contributed by atoms with E-state index in [1.165, 1.54) is 0 Å². The Morgan fingerprint density at radius 1 is 1.62 bits per heavy atom. The lowest BCUT2D eigenvalue weighted by Crippen LogP contribution is -2.23. The molecule has 0 saturated heterocycles. The van der Waals surface area contributed by atoms with Gasteiger partial charge in [0, 0.05) is 6.92 Å². The second-order valence-corrected chi connectivity index (χ2v) is 1.12. The summed E-state index contributed by atoms with van der Waals surface area (Å²) < 4.78 is 35.6. The largest absolute Gasteiger partial charge is 1.00 e. The minimum atomic E-state index is -5.39. The van der Waals surface area contributed by atoms with Gasteiger partial charge in [-0.2, -0.15) is 0 Å². The maximum atomic E-state index is 10.9. The molecule has 0 bridgehead atoms. The van der Waals surface area contributed by atoms with Crippen LogP contribution in [0.25, 0.3) is 0 Å². The summed E-state index contributed by atoms with van der Waals surface area (Å²) in [5.74, 6) is -1.32. The molecule has 0 aromatic heterocycles. The highest BCUT2D eigenvalue weighted by atomic mass is 19.4. The van der Waals surface area contributed by atoms with E-state index >= 15 is 0 Å². The Balaban J connectivity index is 0. The van der Waals surface area contributed by atoms with Crippen molar-refractivity contribution in [2.75, 3.05) is 0 Å². The number of carbonyl (C=O) groups excluding carboxylic acids is 1. The van der Waals surface area contributed by atoms with Crippen molar-refractivity contribution in [2.45, 2.75) is 6.92 Å². The molecule has 0 heterocycles. The van der Waals surface area contributed by atoms with Gasteiger partial charge in [-0.3, -0.25) is 4.79 Å². The Labute approximate surface area is 45.2 Å². The third-order valence-corrected chi connectivity index (χ3v) is 0.300. The number of hydrogen-bond acceptors (Lipinski definition) is 2. The van der Waals surface area contributed by atoms with E-state index in [0.29, 0.717) is 6.92 Å². The third kappa shape index (κ3) is 5.32. The van der Waals surface area contributed by atoms with Gasteiger partial charge in [-0.1, -0.05) is 0 Å². The van der Waals surface area contributed by atoms with E-state index < -0.39 is 13.1 Å². The zero-order valence-corrected chi connectivity index (χ0v) is 4.03. The first-order valence-electron chi connectivity index (χ1n) is 1.80. The predicted molar refractivity (Wildman–Crippen MR) is 22.0 cm³/mol. The van der Waals surface area contributed by atoms with E-state index in [9.17, 15) is 17.7 Å². The van der Waals surface area contributed by atoms with E-state index in [1.54, 1.807) is 0 Å². The van der Waals surface area contributed by atoms with Crippen LogP contribution in [0.15, 0.2) is 0 Å². The monoisotopic (exact) mass is 128 g/mol. The molecule has 0 rings (SSSR count). The van der Waals surface area contributed by atoms with Gasteiger partial charge in [0.1, 0.15) is 0 Å². The zero-order chi connectivity index (χ0) is 6.78. The molecule has 0 aromatic carbocycles. The normalized spacial score (nSPS) is 11.0. The van der Waals surface area contributed by atoms with Crippen LogP contribution in [-0.2, 0) is 9.45 Å². The van der Waals surface area contributed by atoms with Crippen molar-refractivity contribution in [3.8, 4) is 0 Å². The first kappa shape index (κ1) is 7.32. The molecule has 0 spiro atoms. The molecule has 0 fully saturated rings. The summed E-state index contributed by atoms with van der Waals surface area (Å²) >= 11 is 0. The lowest BCUT2D eigenvalue weighted by atomic mass is 10.3. The number of halogens is 3. The molecular weight excluding hydrogens is 124 g/mol. The standard InChI is InChI=1S/C2H3BF3O2/c1-2(7)8-3(4,5)6/h1H3/q-1/p+1. The van der Waals surface area contributed by atoms with Crippen molar-refractivity contribution < 1.29 is 23.8 Å². The Bertz CT molecular complexity index is 102. The van der Waals surface area contributed by atoms with Gasteiger partial charge in [0.05, 0.1) is 0 Å². The van der Waals surface area contributed by atoms with Crippen LogP contribution in [0.2, 0.25) is 0 Å². The molecular formula is C2H4BF3O2. The van der Waals surface area contributed by atoms with Crippen molar-refractivity contribution in [1.29, 1.82) is 0 Å². The SMILES string of the molecule is CC(=O)O[B-](F)(F)F.[H+]. The molecule has 6 heteroatoms. The highest BCUT2D eigenvalue weighted by Gasteiger charge is 2.28. The molecule has 8 heavy (non-hydrogen) atoms. The summed E-state index contributed by atoms with van der Waals surface area (Å²) in [6.45, 7) is 0.704. The summed E-state index contributed by atoms with van der Waals surface area (Å²) in [4.78, 5) is 9.53. The van der Waals surface area contributed by atoms with Crippen molar-refractivity contribution in [3.05, 3.63) is 0 Å². The molecule has 48 valence electrons. The summed E-state index contributed by atoms with van der Waals surface area (Å²) in [6.07, 6.45) is 0. The fourth-order valence-electron chi connectivity index (χ4n) is 0.188. The van der Waals surface area contributed by atoms with Crippen LogP contribution in [-0.4, -0.2) is 13.1 Å². The number of rotatable bonds is 1. The first-order valence-corrected chi connectivity index (χ1v) is 1.80. The molecule has 0 N–H and O–H groups in total. The van der Waals surface area contributed by atoms with Crippen LogP contribution < -0.4 is 0 Å². The first-order chi connectivity index (χ1) is 3.42. The Hall–Kier alpha value is -0.675. The van der Waals surface area contributed by atoms with Gasteiger partial charge in [0.15, 0.2) is 0 Å². The molecule has 2 nitrogen and oxygen atoms in total. The highest BCUT2D eigenvalue weighted by molar-refractivity contribution is 6.53. The summed E-state index contributed by atoms with van der Waals surface area (Å²) in [5.41, 5.74) is 0. The molecule has 0 amide bonds. The van der Waals surface area contributed by atoms with Crippen molar-refractivity contribution >= 4 is 13.1 Å².